The lowest BCUT2D eigenvalue weighted by molar-refractivity contribution is -0.123. The van der Waals surface area contributed by atoms with Crippen molar-refractivity contribution < 1.29 is 18.0 Å². The summed E-state index contributed by atoms with van der Waals surface area (Å²) in [4.78, 5) is 26.2. The number of carbonyl (C=O) groups is 2. The van der Waals surface area contributed by atoms with E-state index in [0.717, 1.165) is 6.26 Å². The monoisotopic (exact) mass is 341 g/mol. The second-order valence-electron chi connectivity index (χ2n) is 4.68. The molecule has 1 amide bonds. The Kier molecular flexibility index (Phi) is 4.79. The topological polar surface area (TPSA) is 101 Å². The Hall–Kier alpha value is -1.97. The third-order valence-corrected chi connectivity index (χ3v) is 4.70. The Morgan fingerprint density at radius 1 is 1.45 bits per heavy atom. The maximum Gasteiger partial charge on any atom is 0.279 e. The molecule has 1 aliphatic heterocycles. The van der Waals surface area contributed by atoms with Gasteiger partial charge in [0.05, 0.1) is 17.7 Å². The Morgan fingerprint density at radius 3 is 2.77 bits per heavy atom. The maximum absolute atomic E-state index is 12.0. The van der Waals surface area contributed by atoms with Crippen LogP contribution in [0, 0.1) is 0 Å². The van der Waals surface area contributed by atoms with Crippen LogP contribution in [0.2, 0.25) is 0 Å². The van der Waals surface area contributed by atoms with Crippen LogP contribution in [0.15, 0.2) is 41.6 Å². The second-order valence-corrected chi connectivity index (χ2v) is 7.49. The number of hydrogen-bond acceptors (Lipinski definition) is 7. The van der Waals surface area contributed by atoms with E-state index in [4.69, 9.17) is 5.84 Å². The number of thiophene rings is 1. The number of hydrogen-bond donors (Lipinski definition) is 1. The van der Waals surface area contributed by atoms with E-state index in [9.17, 15) is 18.0 Å². The minimum absolute atomic E-state index is 0.0667. The number of carbonyl (C=O) groups excluding carboxylic acids is 2. The molecule has 22 heavy (non-hydrogen) atoms. The zero-order valence-corrected chi connectivity index (χ0v) is 13.4. The number of ketones is 1. The van der Waals surface area contributed by atoms with Crippen LogP contribution in [0.5, 0.6) is 0 Å². The highest BCUT2D eigenvalue weighted by molar-refractivity contribution is 7.88. The van der Waals surface area contributed by atoms with Crippen LogP contribution in [0.1, 0.15) is 16.1 Å². The van der Waals surface area contributed by atoms with Crippen molar-refractivity contribution in [3.05, 3.63) is 46.4 Å². The summed E-state index contributed by atoms with van der Waals surface area (Å²) in [6.45, 7) is 0.0667. The minimum Gasteiger partial charge on any atom is -0.346 e. The summed E-state index contributed by atoms with van der Waals surface area (Å²) in [6, 6.07) is 3.51. The summed E-state index contributed by atoms with van der Waals surface area (Å²) in [5.74, 6) is 4.41. The fourth-order valence-electron chi connectivity index (χ4n) is 1.82. The van der Waals surface area contributed by atoms with E-state index in [-0.39, 0.29) is 28.7 Å². The Bertz CT molecular complexity index is 735. The molecule has 0 spiro atoms. The fourth-order valence-corrected chi connectivity index (χ4v) is 2.90. The first-order valence-electron chi connectivity index (χ1n) is 6.28. The van der Waals surface area contributed by atoms with Crippen LogP contribution in [0.4, 0.5) is 0 Å². The third kappa shape index (κ3) is 3.81. The van der Waals surface area contributed by atoms with Crippen molar-refractivity contribution in [3.8, 4) is 0 Å². The van der Waals surface area contributed by atoms with Gasteiger partial charge in [-0.3, -0.25) is 9.59 Å². The largest absolute Gasteiger partial charge is 0.346 e. The van der Waals surface area contributed by atoms with Gasteiger partial charge < -0.3 is 4.90 Å². The Morgan fingerprint density at radius 2 is 2.18 bits per heavy atom. The van der Waals surface area contributed by atoms with Crippen molar-refractivity contribution in [2.45, 2.75) is 6.42 Å². The fraction of sp³-hybridized carbons (Fsp3) is 0.231. The molecule has 118 valence electrons. The molecule has 1 aromatic rings. The molecule has 0 saturated carbocycles. The van der Waals surface area contributed by atoms with Crippen LogP contribution in [-0.4, -0.2) is 42.2 Å². The van der Waals surface area contributed by atoms with Gasteiger partial charge in [-0.05, 0) is 17.9 Å². The van der Waals surface area contributed by atoms with E-state index >= 15 is 0 Å². The first kappa shape index (κ1) is 16.4. The number of nitrogens with two attached hydrogens (primary N) is 1. The molecule has 0 atom stereocenters. The van der Waals surface area contributed by atoms with E-state index in [1.165, 1.54) is 22.4 Å². The summed E-state index contributed by atoms with van der Waals surface area (Å²) in [5.41, 5.74) is 0.203. The molecule has 0 unspecified atom stereocenters. The SMILES string of the molecule is CS(=O)(=O)N(N)C(=O)C1=CN(CC(=O)c2cccs2)C=CC1. The van der Waals surface area contributed by atoms with Gasteiger partial charge in [0, 0.05) is 18.0 Å². The van der Waals surface area contributed by atoms with Crippen molar-refractivity contribution in [1.82, 2.24) is 9.31 Å². The summed E-state index contributed by atoms with van der Waals surface area (Å²) >= 11 is 1.34. The molecular formula is C13H15N3O4S2. The average molecular weight is 341 g/mol. The van der Waals surface area contributed by atoms with E-state index in [1.54, 1.807) is 24.4 Å². The van der Waals surface area contributed by atoms with Gasteiger partial charge >= 0.3 is 0 Å². The predicted octanol–water partition coefficient (Wildman–Crippen LogP) is 0.696. The Balaban J connectivity index is 2.10. The number of amides is 1. The van der Waals surface area contributed by atoms with Gasteiger partial charge in [0.2, 0.25) is 10.0 Å². The van der Waals surface area contributed by atoms with Gasteiger partial charge in [-0.1, -0.05) is 12.1 Å². The molecule has 0 saturated heterocycles. The molecule has 1 aromatic heterocycles. The highest BCUT2D eigenvalue weighted by Gasteiger charge is 2.24. The predicted molar refractivity (Wildman–Crippen MR) is 83.1 cm³/mol. The van der Waals surface area contributed by atoms with Gasteiger partial charge in [-0.2, -0.15) is 4.41 Å². The van der Waals surface area contributed by atoms with Crippen LogP contribution >= 0.6 is 11.3 Å². The molecule has 1 aliphatic rings. The summed E-state index contributed by atoms with van der Waals surface area (Å²) in [7, 11) is -3.81. The standard InChI is InChI=1S/C13H15N3O4S2/c1-22(19,20)16(14)13(18)10-4-2-6-15(8-10)9-11(17)12-5-3-7-21-12/h2-3,5-8H,4,9,14H2,1H3. The summed E-state index contributed by atoms with van der Waals surface area (Å²) < 4.78 is 22.8. The molecule has 2 rings (SSSR count). The molecule has 0 fully saturated rings. The van der Waals surface area contributed by atoms with E-state index in [0.29, 0.717) is 4.88 Å². The smallest absolute Gasteiger partial charge is 0.279 e. The van der Waals surface area contributed by atoms with E-state index < -0.39 is 15.9 Å². The van der Waals surface area contributed by atoms with Crippen molar-refractivity contribution in [1.29, 1.82) is 0 Å². The van der Waals surface area contributed by atoms with Crippen molar-refractivity contribution in [2.24, 2.45) is 5.84 Å². The quantitative estimate of drug-likeness (QED) is 0.366. The lowest BCUT2D eigenvalue weighted by Crippen LogP contribution is -2.43. The zero-order chi connectivity index (χ0) is 16.3. The first-order chi connectivity index (χ1) is 10.3. The normalized spacial score (nSPS) is 14.6. The van der Waals surface area contributed by atoms with E-state index in [1.807, 2.05) is 5.38 Å². The van der Waals surface area contributed by atoms with Gasteiger partial charge in [0.15, 0.2) is 5.78 Å². The molecule has 9 heteroatoms. The summed E-state index contributed by atoms with van der Waals surface area (Å²) in [5, 5.41) is 1.81. The highest BCUT2D eigenvalue weighted by Crippen LogP contribution is 2.17. The molecule has 0 bridgehead atoms. The van der Waals surface area contributed by atoms with Crippen LogP contribution in [0.25, 0.3) is 0 Å². The van der Waals surface area contributed by atoms with Crippen LogP contribution in [0.3, 0.4) is 0 Å². The van der Waals surface area contributed by atoms with Crippen molar-refractivity contribution in [3.63, 3.8) is 0 Å². The first-order valence-corrected chi connectivity index (χ1v) is 9.01. The molecule has 0 aliphatic carbocycles. The molecule has 2 heterocycles. The van der Waals surface area contributed by atoms with Gasteiger partial charge in [0.25, 0.3) is 5.91 Å². The molecule has 0 aromatic carbocycles. The maximum atomic E-state index is 12.0. The van der Waals surface area contributed by atoms with Gasteiger partial charge in [0.1, 0.15) is 0 Å². The lowest BCUT2D eigenvalue weighted by atomic mass is 10.1. The van der Waals surface area contributed by atoms with Crippen molar-refractivity contribution >= 4 is 33.1 Å². The number of allylic oxidation sites excluding steroid dienone is 1. The van der Waals surface area contributed by atoms with E-state index in [2.05, 4.69) is 0 Å². The number of nitrogens with zero attached hydrogens (tertiary/aromatic N) is 2. The zero-order valence-electron chi connectivity index (χ0n) is 11.8. The Labute approximate surface area is 132 Å². The molecular weight excluding hydrogens is 326 g/mol. The number of sulfonamides is 1. The molecule has 2 N–H and O–H groups in total. The van der Waals surface area contributed by atoms with Crippen molar-refractivity contribution in [2.75, 3.05) is 12.8 Å². The molecule has 7 nitrogen and oxygen atoms in total. The minimum atomic E-state index is -3.81. The third-order valence-electron chi connectivity index (χ3n) is 2.91. The second kappa shape index (κ2) is 6.42. The lowest BCUT2D eigenvalue weighted by Gasteiger charge is -2.22. The number of hydrazine groups is 1. The van der Waals surface area contributed by atoms with Crippen LogP contribution < -0.4 is 5.84 Å². The van der Waals surface area contributed by atoms with Gasteiger partial charge in [-0.15, -0.1) is 11.3 Å². The number of rotatable bonds is 5. The average Bonchev–Trinajstić information content (AvgIpc) is 2.99. The summed E-state index contributed by atoms with van der Waals surface area (Å²) in [6.07, 6.45) is 5.89. The molecule has 0 radical (unpaired) electrons. The highest BCUT2D eigenvalue weighted by atomic mass is 32.2. The van der Waals surface area contributed by atoms with Gasteiger partial charge in [-0.25, -0.2) is 14.3 Å². The van der Waals surface area contributed by atoms with Crippen LogP contribution in [-0.2, 0) is 14.8 Å². The number of Topliss-reactive ketones (excluding diaryl/α,β-unsaturated/α-hetero) is 1.